The first kappa shape index (κ1) is 19.1. The number of hydrogen-bond acceptors (Lipinski definition) is 5. The Morgan fingerprint density at radius 3 is 2.50 bits per heavy atom. The number of rotatable bonds is 6. The summed E-state index contributed by atoms with van der Waals surface area (Å²) in [4.78, 5) is 33.4. The van der Waals surface area contributed by atoms with E-state index in [0.29, 0.717) is 23.7 Å². The first-order valence-corrected chi connectivity index (χ1v) is 9.34. The summed E-state index contributed by atoms with van der Waals surface area (Å²) >= 11 is 0. The lowest BCUT2D eigenvalue weighted by Gasteiger charge is -2.11. The van der Waals surface area contributed by atoms with Gasteiger partial charge in [0.2, 0.25) is 0 Å². The highest BCUT2D eigenvalue weighted by atomic mass is 16.5. The van der Waals surface area contributed by atoms with Crippen LogP contribution in [0.5, 0.6) is 5.75 Å². The van der Waals surface area contributed by atoms with Crippen LogP contribution in [0.2, 0.25) is 0 Å². The van der Waals surface area contributed by atoms with E-state index in [1.165, 1.54) is 10.7 Å². The molecule has 0 aliphatic heterocycles. The number of hydrogen-bond donors (Lipinski definition) is 2. The molecule has 3 N–H and O–H groups in total. The number of imidazole rings is 1. The van der Waals surface area contributed by atoms with Crippen molar-refractivity contribution in [3.8, 4) is 17.0 Å². The van der Waals surface area contributed by atoms with Crippen molar-refractivity contribution in [1.82, 2.24) is 14.4 Å². The normalized spacial score (nSPS) is 10.7. The van der Waals surface area contributed by atoms with Gasteiger partial charge in [-0.1, -0.05) is 30.3 Å². The largest absolute Gasteiger partial charge is 0.494 e. The summed E-state index contributed by atoms with van der Waals surface area (Å²) in [5.74, 6) is -0.376. The summed E-state index contributed by atoms with van der Waals surface area (Å²) < 4.78 is 6.88. The summed E-state index contributed by atoms with van der Waals surface area (Å²) in [6.45, 7) is 2.46. The standard InChI is InChI=1S/C22H19N5O3/c1-2-30-16-10-8-15(9-11-16)25-22(29)18-12-17(14-6-4-3-5-7-14)26-21-19(20(23)28)24-13-27(18)21/h3-13H,2H2,1H3,(H2,23,28)(H,25,29). The van der Waals surface area contributed by atoms with E-state index in [0.717, 1.165) is 5.56 Å². The fourth-order valence-electron chi connectivity index (χ4n) is 3.07. The van der Waals surface area contributed by atoms with Crippen LogP contribution >= 0.6 is 0 Å². The second-order valence-electron chi connectivity index (χ2n) is 6.46. The molecule has 150 valence electrons. The lowest BCUT2D eigenvalue weighted by atomic mass is 10.1. The minimum absolute atomic E-state index is 0.00268. The molecule has 4 aromatic rings. The molecule has 0 saturated heterocycles. The minimum Gasteiger partial charge on any atom is -0.494 e. The second-order valence-corrected chi connectivity index (χ2v) is 6.46. The van der Waals surface area contributed by atoms with Gasteiger partial charge in [-0.25, -0.2) is 9.97 Å². The van der Waals surface area contributed by atoms with E-state index in [9.17, 15) is 9.59 Å². The van der Waals surface area contributed by atoms with Gasteiger partial charge in [0.05, 0.1) is 12.3 Å². The molecular formula is C22H19N5O3. The summed E-state index contributed by atoms with van der Waals surface area (Å²) in [7, 11) is 0. The lowest BCUT2D eigenvalue weighted by Crippen LogP contribution is -2.17. The van der Waals surface area contributed by atoms with E-state index in [4.69, 9.17) is 10.5 Å². The van der Waals surface area contributed by atoms with Gasteiger partial charge in [0, 0.05) is 11.3 Å². The molecule has 0 bridgehead atoms. The van der Waals surface area contributed by atoms with Gasteiger partial charge in [0.15, 0.2) is 11.3 Å². The highest BCUT2D eigenvalue weighted by molar-refractivity contribution is 6.05. The van der Waals surface area contributed by atoms with Gasteiger partial charge in [-0.2, -0.15) is 0 Å². The molecule has 0 saturated carbocycles. The highest BCUT2D eigenvalue weighted by Crippen LogP contribution is 2.22. The Morgan fingerprint density at radius 1 is 1.10 bits per heavy atom. The lowest BCUT2D eigenvalue weighted by molar-refractivity contribution is 0.0993. The Balaban J connectivity index is 1.76. The zero-order chi connectivity index (χ0) is 21.1. The molecule has 0 spiro atoms. The fourth-order valence-corrected chi connectivity index (χ4v) is 3.07. The van der Waals surface area contributed by atoms with Crippen molar-refractivity contribution in [2.75, 3.05) is 11.9 Å². The number of benzene rings is 2. The number of nitrogens with zero attached hydrogens (tertiary/aromatic N) is 3. The van der Waals surface area contributed by atoms with Gasteiger partial charge in [-0.15, -0.1) is 0 Å². The molecule has 0 atom stereocenters. The van der Waals surface area contributed by atoms with Crippen LogP contribution in [0.15, 0.2) is 67.0 Å². The maximum absolute atomic E-state index is 13.1. The molecule has 2 amide bonds. The Labute approximate surface area is 172 Å². The van der Waals surface area contributed by atoms with E-state index in [2.05, 4.69) is 15.3 Å². The molecule has 4 rings (SSSR count). The SMILES string of the molecule is CCOc1ccc(NC(=O)c2cc(-c3ccccc3)nc3c(C(N)=O)ncn23)cc1. The van der Waals surface area contributed by atoms with Gasteiger partial charge in [-0.05, 0) is 37.3 Å². The van der Waals surface area contributed by atoms with Crippen molar-refractivity contribution in [2.45, 2.75) is 6.92 Å². The number of ether oxygens (including phenoxy) is 1. The van der Waals surface area contributed by atoms with Crippen LogP contribution in [-0.2, 0) is 0 Å². The zero-order valence-electron chi connectivity index (χ0n) is 16.2. The average molecular weight is 401 g/mol. The molecular weight excluding hydrogens is 382 g/mol. The van der Waals surface area contributed by atoms with E-state index in [1.807, 2.05) is 37.3 Å². The number of primary amides is 1. The van der Waals surface area contributed by atoms with Crippen LogP contribution < -0.4 is 15.8 Å². The van der Waals surface area contributed by atoms with Crippen LogP contribution in [0.25, 0.3) is 16.9 Å². The smallest absolute Gasteiger partial charge is 0.272 e. The van der Waals surface area contributed by atoms with E-state index < -0.39 is 5.91 Å². The Morgan fingerprint density at radius 2 is 1.83 bits per heavy atom. The molecule has 0 fully saturated rings. The topological polar surface area (TPSA) is 112 Å². The molecule has 8 nitrogen and oxygen atoms in total. The molecule has 2 heterocycles. The molecule has 2 aromatic carbocycles. The summed E-state index contributed by atoms with van der Waals surface area (Å²) in [6.07, 6.45) is 1.37. The number of nitrogens with one attached hydrogen (secondary N) is 1. The van der Waals surface area contributed by atoms with Gasteiger partial charge in [0.1, 0.15) is 17.8 Å². The molecule has 0 aliphatic carbocycles. The first-order chi connectivity index (χ1) is 14.6. The van der Waals surface area contributed by atoms with Gasteiger partial charge < -0.3 is 15.8 Å². The van der Waals surface area contributed by atoms with Crippen LogP contribution in [-0.4, -0.2) is 32.8 Å². The van der Waals surface area contributed by atoms with E-state index in [1.54, 1.807) is 30.3 Å². The third-order valence-electron chi connectivity index (χ3n) is 4.46. The van der Waals surface area contributed by atoms with Crippen molar-refractivity contribution >= 4 is 23.1 Å². The molecule has 0 unspecified atom stereocenters. The van der Waals surface area contributed by atoms with Crippen molar-refractivity contribution in [1.29, 1.82) is 0 Å². The van der Waals surface area contributed by atoms with Crippen LogP contribution in [0.1, 0.15) is 27.9 Å². The maximum Gasteiger partial charge on any atom is 0.272 e. The summed E-state index contributed by atoms with van der Waals surface area (Å²) in [5, 5.41) is 2.85. The van der Waals surface area contributed by atoms with Crippen LogP contribution in [0.3, 0.4) is 0 Å². The van der Waals surface area contributed by atoms with E-state index >= 15 is 0 Å². The van der Waals surface area contributed by atoms with Crippen molar-refractivity contribution in [2.24, 2.45) is 5.73 Å². The Bertz CT molecular complexity index is 1220. The average Bonchev–Trinajstić information content (AvgIpc) is 3.19. The number of anilines is 1. The molecule has 2 aromatic heterocycles. The van der Waals surface area contributed by atoms with Crippen molar-refractivity contribution in [3.63, 3.8) is 0 Å². The van der Waals surface area contributed by atoms with E-state index in [-0.39, 0.29) is 22.9 Å². The number of carbonyl (C=O) groups is 2. The Hall–Kier alpha value is -4.20. The molecule has 30 heavy (non-hydrogen) atoms. The molecule has 0 aliphatic rings. The van der Waals surface area contributed by atoms with Gasteiger partial charge in [0.25, 0.3) is 11.8 Å². The highest BCUT2D eigenvalue weighted by Gasteiger charge is 2.19. The van der Waals surface area contributed by atoms with Crippen LogP contribution in [0, 0.1) is 0 Å². The predicted molar refractivity (Wildman–Crippen MR) is 113 cm³/mol. The minimum atomic E-state index is -0.715. The van der Waals surface area contributed by atoms with Crippen LogP contribution in [0.4, 0.5) is 5.69 Å². The number of carbonyl (C=O) groups excluding carboxylic acids is 2. The quantitative estimate of drug-likeness (QED) is 0.515. The molecule has 0 radical (unpaired) electrons. The third kappa shape index (κ3) is 3.70. The monoisotopic (exact) mass is 401 g/mol. The van der Waals surface area contributed by atoms with Gasteiger partial charge in [-0.3, -0.25) is 14.0 Å². The maximum atomic E-state index is 13.1. The Kier molecular flexibility index (Phi) is 5.13. The predicted octanol–water partition coefficient (Wildman–Crippen LogP) is 3.15. The van der Waals surface area contributed by atoms with Crippen molar-refractivity contribution in [3.05, 3.63) is 78.4 Å². The van der Waals surface area contributed by atoms with Crippen molar-refractivity contribution < 1.29 is 14.3 Å². The fraction of sp³-hybridized carbons (Fsp3) is 0.0909. The third-order valence-corrected chi connectivity index (χ3v) is 4.46. The number of nitrogens with two attached hydrogens (primary N) is 1. The number of aromatic nitrogens is 3. The number of amides is 2. The summed E-state index contributed by atoms with van der Waals surface area (Å²) in [5.41, 5.74) is 7.86. The first-order valence-electron chi connectivity index (χ1n) is 9.34. The summed E-state index contributed by atoms with van der Waals surface area (Å²) in [6, 6.07) is 18.1. The molecule has 8 heteroatoms. The second kappa shape index (κ2) is 8.04. The zero-order valence-corrected chi connectivity index (χ0v) is 16.2. The number of fused-ring (bicyclic) bond motifs is 1. The van der Waals surface area contributed by atoms with Gasteiger partial charge >= 0.3 is 0 Å².